The van der Waals surface area contributed by atoms with Gasteiger partial charge in [-0.25, -0.2) is 0 Å². The molecule has 0 aliphatic carbocycles. The number of hydrogen-bond donors (Lipinski definition) is 3. The van der Waals surface area contributed by atoms with Crippen molar-refractivity contribution in [1.29, 1.82) is 0 Å². The van der Waals surface area contributed by atoms with Crippen LogP contribution in [-0.2, 0) is 0 Å². The molecule has 2 aromatic rings. The number of H-pyrrole nitrogens is 1. The van der Waals surface area contributed by atoms with Gasteiger partial charge in [-0.1, -0.05) is 26.3 Å². The summed E-state index contributed by atoms with van der Waals surface area (Å²) in [5.41, 5.74) is 1.32. The Labute approximate surface area is 124 Å². The Morgan fingerprint density at radius 2 is 2.24 bits per heavy atom. The molecule has 1 amide bonds. The molecule has 1 aromatic heterocycles. The Morgan fingerprint density at radius 3 is 2.86 bits per heavy atom. The molecule has 0 fully saturated rings. The predicted octanol–water partition coefficient (Wildman–Crippen LogP) is 2.31. The number of aromatic nitrogens is 1. The van der Waals surface area contributed by atoms with E-state index in [2.05, 4.69) is 10.3 Å². The quantitative estimate of drug-likeness (QED) is 0.764. The zero-order valence-corrected chi connectivity index (χ0v) is 12.6. The summed E-state index contributed by atoms with van der Waals surface area (Å²) in [4.78, 5) is 15.4. The fourth-order valence-corrected chi connectivity index (χ4v) is 2.33. The van der Waals surface area contributed by atoms with Crippen molar-refractivity contribution in [3.63, 3.8) is 0 Å². The van der Waals surface area contributed by atoms with Crippen LogP contribution in [0.25, 0.3) is 10.9 Å². The SMILES string of the molecule is CC[C@H](C)[C@@H](CO)NC(=O)c1cc2c(OC)cccc2[nH]1. The lowest BCUT2D eigenvalue weighted by atomic mass is 10.00. The van der Waals surface area contributed by atoms with Crippen molar-refractivity contribution in [3.8, 4) is 5.75 Å². The highest BCUT2D eigenvalue weighted by Gasteiger charge is 2.19. The van der Waals surface area contributed by atoms with Gasteiger partial charge in [0.05, 0.1) is 19.8 Å². The van der Waals surface area contributed by atoms with Crippen LogP contribution in [0.15, 0.2) is 24.3 Å². The van der Waals surface area contributed by atoms with E-state index in [9.17, 15) is 9.90 Å². The lowest BCUT2D eigenvalue weighted by molar-refractivity contribution is 0.0887. The van der Waals surface area contributed by atoms with Crippen molar-refractivity contribution in [1.82, 2.24) is 10.3 Å². The number of carbonyl (C=O) groups is 1. The number of rotatable bonds is 6. The van der Waals surface area contributed by atoms with Crippen LogP contribution >= 0.6 is 0 Å². The van der Waals surface area contributed by atoms with Gasteiger partial charge in [0.1, 0.15) is 11.4 Å². The summed E-state index contributed by atoms with van der Waals surface area (Å²) >= 11 is 0. The van der Waals surface area contributed by atoms with E-state index in [0.29, 0.717) is 5.69 Å². The summed E-state index contributed by atoms with van der Waals surface area (Å²) in [6, 6.07) is 7.15. The normalized spacial score (nSPS) is 13.9. The van der Waals surface area contributed by atoms with Gasteiger partial charge in [0.15, 0.2) is 0 Å². The third kappa shape index (κ3) is 3.19. The highest BCUT2D eigenvalue weighted by Crippen LogP contribution is 2.26. The summed E-state index contributed by atoms with van der Waals surface area (Å²) in [5, 5.41) is 13.1. The number of aliphatic hydroxyl groups excluding tert-OH is 1. The number of aliphatic hydroxyl groups is 1. The first kappa shape index (κ1) is 15.4. The lowest BCUT2D eigenvalue weighted by Crippen LogP contribution is -2.42. The van der Waals surface area contributed by atoms with Crippen molar-refractivity contribution in [2.75, 3.05) is 13.7 Å². The average molecular weight is 290 g/mol. The largest absolute Gasteiger partial charge is 0.496 e. The van der Waals surface area contributed by atoms with E-state index < -0.39 is 0 Å². The van der Waals surface area contributed by atoms with Crippen molar-refractivity contribution < 1.29 is 14.6 Å². The third-order valence-corrected chi connectivity index (χ3v) is 3.93. The highest BCUT2D eigenvalue weighted by atomic mass is 16.5. The van der Waals surface area contributed by atoms with Crippen LogP contribution in [0.2, 0.25) is 0 Å². The molecule has 0 saturated carbocycles. The predicted molar refractivity (Wildman–Crippen MR) is 82.6 cm³/mol. The fourth-order valence-electron chi connectivity index (χ4n) is 2.33. The minimum atomic E-state index is -0.240. The molecule has 0 spiro atoms. The number of amides is 1. The number of hydrogen-bond acceptors (Lipinski definition) is 3. The maximum atomic E-state index is 12.3. The molecule has 0 bridgehead atoms. The summed E-state index contributed by atoms with van der Waals surface area (Å²) in [6.07, 6.45) is 0.895. The summed E-state index contributed by atoms with van der Waals surface area (Å²) < 4.78 is 5.29. The first-order valence-corrected chi connectivity index (χ1v) is 7.18. The van der Waals surface area contributed by atoms with Gasteiger partial charge in [0, 0.05) is 10.9 Å². The topological polar surface area (TPSA) is 74.3 Å². The average Bonchev–Trinajstić information content (AvgIpc) is 2.95. The zero-order chi connectivity index (χ0) is 15.4. The van der Waals surface area contributed by atoms with Crippen LogP contribution in [0, 0.1) is 5.92 Å². The number of fused-ring (bicyclic) bond motifs is 1. The van der Waals surface area contributed by atoms with Crippen molar-refractivity contribution in [2.45, 2.75) is 26.3 Å². The number of nitrogens with one attached hydrogen (secondary N) is 2. The van der Waals surface area contributed by atoms with E-state index in [0.717, 1.165) is 23.1 Å². The minimum absolute atomic E-state index is 0.0652. The minimum Gasteiger partial charge on any atom is -0.496 e. The maximum absolute atomic E-state index is 12.3. The number of carbonyl (C=O) groups excluding carboxylic acids is 1. The van der Waals surface area contributed by atoms with Gasteiger partial charge in [-0.3, -0.25) is 4.79 Å². The van der Waals surface area contributed by atoms with Gasteiger partial charge in [-0.15, -0.1) is 0 Å². The van der Waals surface area contributed by atoms with E-state index in [-0.39, 0.29) is 24.5 Å². The second-order valence-corrected chi connectivity index (χ2v) is 5.25. The number of benzene rings is 1. The molecule has 0 saturated heterocycles. The lowest BCUT2D eigenvalue weighted by Gasteiger charge is -2.21. The molecular weight excluding hydrogens is 268 g/mol. The first-order valence-electron chi connectivity index (χ1n) is 7.18. The highest BCUT2D eigenvalue weighted by molar-refractivity contribution is 5.99. The molecule has 114 valence electrons. The maximum Gasteiger partial charge on any atom is 0.268 e. The zero-order valence-electron chi connectivity index (χ0n) is 12.6. The fraction of sp³-hybridized carbons (Fsp3) is 0.438. The Hall–Kier alpha value is -2.01. The van der Waals surface area contributed by atoms with Gasteiger partial charge in [-0.05, 0) is 24.1 Å². The molecule has 1 aromatic carbocycles. The molecule has 5 heteroatoms. The third-order valence-electron chi connectivity index (χ3n) is 3.93. The van der Waals surface area contributed by atoms with Crippen LogP contribution in [-0.4, -0.2) is 35.8 Å². The smallest absolute Gasteiger partial charge is 0.268 e. The molecule has 2 rings (SSSR count). The van der Waals surface area contributed by atoms with Crippen LogP contribution in [0.3, 0.4) is 0 Å². The summed E-state index contributed by atoms with van der Waals surface area (Å²) in [6.45, 7) is 3.98. The molecule has 3 N–H and O–H groups in total. The first-order chi connectivity index (χ1) is 10.1. The van der Waals surface area contributed by atoms with Crippen molar-refractivity contribution in [3.05, 3.63) is 30.0 Å². The van der Waals surface area contributed by atoms with Gasteiger partial charge in [-0.2, -0.15) is 0 Å². The molecule has 0 radical (unpaired) electrons. The van der Waals surface area contributed by atoms with Crippen molar-refractivity contribution in [2.24, 2.45) is 5.92 Å². The molecule has 0 aliphatic rings. The molecule has 1 heterocycles. The number of methoxy groups -OCH3 is 1. The molecule has 2 atom stereocenters. The number of ether oxygens (including phenoxy) is 1. The number of aromatic amines is 1. The van der Waals surface area contributed by atoms with Gasteiger partial charge >= 0.3 is 0 Å². The second-order valence-electron chi connectivity index (χ2n) is 5.25. The summed E-state index contributed by atoms with van der Waals surface area (Å²) in [5.74, 6) is 0.730. The van der Waals surface area contributed by atoms with Crippen LogP contribution in [0.5, 0.6) is 5.75 Å². The van der Waals surface area contributed by atoms with E-state index in [1.165, 1.54) is 0 Å². The second kappa shape index (κ2) is 6.63. The molecule has 21 heavy (non-hydrogen) atoms. The van der Waals surface area contributed by atoms with Crippen LogP contribution in [0.1, 0.15) is 30.8 Å². The Bertz CT molecular complexity index is 621. The molecule has 5 nitrogen and oxygen atoms in total. The Kier molecular flexibility index (Phi) is 4.85. The van der Waals surface area contributed by atoms with Crippen LogP contribution in [0.4, 0.5) is 0 Å². The van der Waals surface area contributed by atoms with Crippen molar-refractivity contribution >= 4 is 16.8 Å². The summed E-state index contributed by atoms with van der Waals surface area (Å²) in [7, 11) is 1.60. The molecule has 0 aliphatic heterocycles. The standard InChI is InChI=1S/C16H22N2O3/c1-4-10(2)14(9-19)18-16(20)13-8-11-12(17-13)6-5-7-15(11)21-3/h5-8,10,14,17,19H,4,9H2,1-3H3,(H,18,20)/t10-,14+/m0/s1. The van der Waals surface area contributed by atoms with E-state index in [4.69, 9.17) is 4.74 Å². The molecule has 0 unspecified atom stereocenters. The van der Waals surface area contributed by atoms with E-state index >= 15 is 0 Å². The Balaban J connectivity index is 2.23. The van der Waals surface area contributed by atoms with Gasteiger partial charge in [0.25, 0.3) is 5.91 Å². The van der Waals surface area contributed by atoms with E-state index in [1.807, 2.05) is 32.0 Å². The van der Waals surface area contributed by atoms with Crippen LogP contribution < -0.4 is 10.1 Å². The van der Waals surface area contributed by atoms with Gasteiger partial charge < -0.3 is 20.1 Å². The van der Waals surface area contributed by atoms with E-state index in [1.54, 1.807) is 13.2 Å². The monoisotopic (exact) mass is 290 g/mol. The molecular formula is C16H22N2O3. The van der Waals surface area contributed by atoms with Gasteiger partial charge in [0.2, 0.25) is 0 Å². The Morgan fingerprint density at radius 1 is 1.48 bits per heavy atom.